The van der Waals surface area contributed by atoms with Crippen molar-refractivity contribution in [1.82, 2.24) is 0 Å². The SMILES string of the molecule is O=C(COc1ccc(NC(=O)c2ccco2)cc1)Nc1ccc(OCc2ccccc2)cc1. The van der Waals surface area contributed by atoms with E-state index in [0.29, 0.717) is 29.5 Å². The van der Waals surface area contributed by atoms with Gasteiger partial charge in [0.2, 0.25) is 0 Å². The smallest absolute Gasteiger partial charge is 0.291 e. The maximum absolute atomic E-state index is 12.2. The fraction of sp³-hybridized carbons (Fsp3) is 0.0769. The van der Waals surface area contributed by atoms with Crippen LogP contribution in [0.15, 0.2) is 102 Å². The fourth-order valence-corrected chi connectivity index (χ4v) is 2.96. The first kappa shape index (κ1) is 21.7. The molecule has 0 aliphatic carbocycles. The molecule has 0 aliphatic rings. The first-order chi connectivity index (χ1) is 16.2. The van der Waals surface area contributed by atoms with Crippen LogP contribution in [0.4, 0.5) is 11.4 Å². The van der Waals surface area contributed by atoms with Crippen molar-refractivity contribution in [2.75, 3.05) is 17.2 Å². The van der Waals surface area contributed by atoms with Crippen LogP contribution < -0.4 is 20.1 Å². The van der Waals surface area contributed by atoms with Gasteiger partial charge in [-0.25, -0.2) is 0 Å². The number of ether oxygens (including phenoxy) is 2. The highest BCUT2D eigenvalue weighted by Crippen LogP contribution is 2.19. The maximum atomic E-state index is 12.2. The Morgan fingerprint density at radius 2 is 1.33 bits per heavy atom. The molecular weight excluding hydrogens is 420 g/mol. The summed E-state index contributed by atoms with van der Waals surface area (Å²) < 4.78 is 16.3. The molecule has 3 aromatic carbocycles. The molecule has 1 heterocycles. The summed E-state index contributed by atoms with van der Waals surface area (Å²) in [6, 6.07) is 27.0. The van der Waals surface area contributed by atoms with E-state index in [1.807, 2.05) is 30.3 Å². The van der Waals surface area contributed by atoms with E-state index >= 15 is 0 Å². The average Bonchev–Trinajstić information content (AvgIpc) is 3.39. The number of amides is 2. The number of carbonyl (C=O) groups excluding carboxylic acids is 2. The largest absolute Gasteiger partial charge is 0.489 e. The van der Waals surface area contributed by atoms with Crippen molar-refractivity contribution in [2.45, 2.75) is 6.61 Å². The Bertz CT molecular complexity index is 1170. The Kier molecular flexibility index (Phi) is 7.02. The molecule has 0 aliphatic heterocycles. The first-order valence-electron chi connectivity index (χ1n) is 10.3. The minimum absolute atomic E-state index is 0.148. The monoisotopic (exact) mass is 442 g/mol. The van der Waals surface area contributed by atoms with E-state index in [1.54, 1.807) is 60.7 Å². The Morgan fingerprint density at radius 3 is 1.97 bits per heavy atom. The van der Waals surface area contributed by atoms with Gasteiger partial charge in [-0.3, -0.25) is 9.59 Å². The molecule has 0 saturated carbocycles. The van der Waals surface area contributed by atoms with Crippen LogP contribution in [0.3, 0.4) is 0 Å². The van der Waals surface area contributed by atoms with Crippen LogP contribution in [-0.4, -0.2) is 18.4 Å². The number of carbonyl (C=O) groups is 2. The van der Waals surface area contributed by atoms with Crippen molar-refractivity contribution >= 4 is 23.2 Å². The molecule has 0 unspecified atom stereocenters. The number of hydrogen-bond donors (Lipinski definition) is 2. The van der Waals surface area contributed by atoms with Gasteiger partial charge in [0.25, 0.3) is 11.8 Å². The van der Waals surface area contributed by atoms with Gasteiger partial charge in [0.1, 0.15) is 18.1 Å². The molecule has 166 valence electrons. The maximum Gasteiger partial charge on any atom is 0.291 e. The highest BCUT2D eigenvalue weighted by atomic mass is 16.5. The molecule has 0 saturated heterocycles. The topological polar surface area (TPSA) is 89.8 Å². The summed E-state index contributed by atoms with van der Waals surface area (Å²) in [6.45, 7) is 0.329. The normalized spacial score (nSPS) is 10.3. The lowest BCUT2D eigenvalue weighted by atomic mass is 10.2. The summed E-state index contributed by atoms with van der Waals surface area (Å²) in [5.41, 5.74) is 2.31. The van der Waals surface area contributed by atoms with Crippen LogP contribution in [0.5, 0.6) is 11.5 Å². The predicted octanol–water partition coefficient (Wildman–Crippen LogP) is 5.13. The van der Waals surface area contributed by atoms with Gasteiger partial charge in [-0.05, 0) is 66.2 Å². The second-order valence-electron chi connectivity index (χ2n) is 7.09. The van der Waals surface area contributed by atoms with Gasteiger partial charge in [0, 0.05) is 11.4 Å². The Labute approximate surface area is 191 Å². The van der Waals surface area contributed by atoms with Crippen LogP contribution in [0.2, 0.25) is 0 Å². The highest BCUT2D eigenvalue weighted by Gasteiger charge is 2.09. The zero-order valence-corrected chi connectivity index (χ0v) is 17.7. The summed E-state index contributed by atoms with van der Waals surface area (Å²) in [5, 5.41) is 5.49. The summed E-state index contributed by atoms with van der Waals surface area (Å²) in [7, 11) is 0. The molecule has 0 atom stereocenters. The zero-order valence-electron chi connectivity index (χ0n) is 17.7. The molecule has 2 N–H and O–H groups in total. The molecule has 7 heteroatoms. The van der Waals surface area contributed by atoms with Crippen molar-refractivity contribution in [3.63, 3.8) is 0 Å². The Balaban J connectivity index is 1.21. The number of hydrogen-bond acceptors (Lipinski definition) is 5. The lowest BCUT2D eigenvalue weighted by Crippen LogP contribution is -2.20. The quantitative estimate of drug-likeness (QED) is 0.375. The zero-order chi connectivity index (χ0) is 22.9. The van der Waals surface area contributed by atoms with E-state index in [4.69, 9.17) is 13.9 Å². The number of furan rings is 1. The van der Waals surface area contributed by atoms with Crippen molar-refractivity contribution in [1.29, 1.82) is 0 Å². The third-order valence-corrected chi connectivity index (χ3v) is 4.61. The van der Waals surface area contributed by atoms with E-state index in [9.17, 15) is 9.59 Å². The second-order valence-corrected chi connectivity index (χ2v) is 7.09. The summed E-state index contributed by atoms with van der Waals surface area (Å²) in [5.74, 6) is 0.814. The lowest BCUT2D eigenvalue weighted by Gasteiger charge is -2.10. The number of nitrogens with one attached hydrogen (secondary N) is 2. The van der Waals surface area contributed by atoms with Crippen LogP contribution in [-0.2, 0) is 11.4 Å². The van der Waals surface area contributed by atoms with Crippen LogP contribution in [0.1, 0.15) is 16.1 Å². The molecular formula is C26H22N2O5. The number of rotatable bonds is 9. The van der Waals surface area contributed by atoms with Gasteiger partial charge in [-0.2, -0.15) is 0 Å². The van der Waals surface area contributed by atoms with Gasteiger partial charge >= 0.3 is 0 Å². The lowest BCUT2D eigenvalue weighted by molar-refractivity contribution is -0.118. The molecule has 7 nitrogen and oxygen atoms in total. The van der Waals surface area contributed by atoms with Crippen molar-refractivity contribution in [3.8, 4) is 11.5 Å². The average molecular weight is 442 g/mol. The van der Waals surface area contributed by atoms with E-state index in [0.717, 1.165) is 5.56 Å². The van der Waals surface area contributed by atoms with Crippen LogP contribution in [0.25, 0.3) is 0 Å². The number of anilines is 2. The van der Waals surface area contributed by atoms with Gasteiger partial charge in [0.15, 0.2) is 12.4 Å². The molecule has 33 heavy (non-hydrogen) atoms. The second kappa shape index (κ2) is 10.7. The summed E-state index contributed by atoms with van der Waals surface area (Å²) in [4.78, 5) is 24.2. The predicted molar refractivity (Wildman–Crippen MR) is 124 cm³/mol. The molecule has 0 fully saturated rings. The molecule has 4 aromatic rings. The molecule has 2 amide bonds. The van der Waals surface area contributed by atoms with Crippen LogP contribution >= 0.6 is 0 Å². The molecule has 4 rings (SSSR count). The van der Waals surface area contributed by atoms with Gasteiger partial charge < -0.3 is 24.5 Å². The van der Waals surface area contributed by atoms with Gasteiger partial charge in [-0.1, -0.05) is 30.3 Å². The standard InChI is InChI=1S/C26H22N2O5/c29-25(27-20-8-12-22(13-9-20)32-17-19-5-2-1-3-6-19)18-33-23-14-10-21(11-15-23)28-26(30)24-7-4-16-31-24/h1-16H,17-18H2,(H,27,29)(H,28,30). The van der Waals surface area contributed by atoms with Crippen molar-refractivity contribution < 1.29 is 23.5 Å². The van der Waals surface area contributed by atoms with E-state index in [1.165, 1.54) is 6.26 Å². The Morgan fingerprint density at radius 1 is 0.697 bits per heavy atom. The van der Waals surface area contributed by atoms with E-state index < -0.39 is 0 Å². The Hall–Kier alpha value is -4.52. The summed E-state index contributed by atoms with van der Waals surface area (Å²) in [6.07, 6.45) is 1.44. The molecule has 0 radical (unpaired) electrons. The van der Waals surface area contributed by atoms with Crippen molar-refractivity contribution in [3.05, 3.63) is 109 Å². The molecule has 0 spiro atoms. The first-order valence-corrected chi connectivity index (χ1v) is 10.3. The van der Waals surface area contributed by atoms with E-state index in [2.05, 4.69) is 10.6 Å². The van der Waals surface area contributed by atoms with Gasteiger partial charge in [-0.15, -0.1) is 0 Å². The molecule has 0 bridgehead atoms. The van der Waals surface area contributed by atoms with Gasteiger partial charge in [0.05, 0.1) is 6.26 Å². The van der Waals surface area contributed by atoms with Crippen LogP contribution in [0, 0.1) is 0 Å². The minimum atomic E-state index is -0.343. The van der Waals surface area contributed by atoms with E-state index in [-0.39, 0.29) is 24.2 Å². The third kappa shape index (κ3) is 6.48. The number of benzene rings is 3. The third-order valence-electron chi connectivity index (χ3n) is 4.61. The van der Waals surface area contributed by atoms with Crippen molar-refractivity contribution in [2.24, 2.45) is 0 Å². The summed E-state index contributed by atoms with van der Waals surface area (Å²) >= 11 is 0. The fourth-order valence-electron chi connectivity index (χ4n) is 2.96. The minimum Gasteiger partial charge on any atom is -0.489 e. The molecule has 1 aromatic heterocycles. The highest BCUT2D eigenvalue weighted by molar-refractivity contribution is 6.02.